The summed E-state index contributed by atoms with van der Waals surface area (Å²) in [5, 5.41) is 13.3. The number of aliphatic hydroxyl groups is 1. The lowest BCUT2D eigenvalue weighted by molar-refractivity contribution is 0.514. The Morgan fingerprint density at radius 3 is 2.47 bits per heavy atom. The molecular weight excluding hydrogens is 408 g/mol. The summed E-state index contributed by atoms with van der Waals surface area (Å²) in [5.41, 5.74) is 4.44. The van der Waals surface area contributed by atoms with Crippen LogP contribution in [0.2, 0.25) is 0 Å². The molecule has 3 aromatic rings. The van der Waals surface area contributed by atoms with Crippen molar-refractivity contribution in [1.29, 1.82) is 0 Å². The number of halogens is 2. The molecule has 32 heavy (non-hydrogen) atoms. The number of hydrogen-bond acceptors (Lipinski definition) is 4. The second kappa shape index (κ2) is 7.93. The Morgan fingerprint density at radius 1 is 1.09 bits per heavy atom. The number of aromatic nitrogens is 1. The maximum Gasteiger partial charge on any atom is 0.150 e. The van der Waals surface area contributed by atoms with Gasteiger partial charge in [0, 0.05) is 30.9 Å². The third kappa shape index (κ3) is 3.93. The number of fused-ring (bicyclic) bond motifs is 1. The van der Waals surface area contributed by atoms with E-state index >= 15 is 0 Å². The van der Waals surface area contributed by atoms with Crippen molar-refractivity contribution < 1.29 is 13.9 Å². The van der Waals surface area contributed by atoms with E-state index in [1.165, 1.54) is 17.7 Å². The molecule has 6 heteroatoms. The first-order valence-corrected chi connectivity index (χ1v) is 10.9. The number of anilines is 2. The molecule has 0 saturated heterocycles. The molecule has 2 heterocycles. The summed E-state index contributed by atoms with van der Waals surface area (Å²) >= 11 is 0. The fraction of sp³-hybridized carbons (Fsp3) is 0.269. The van der Waals surface area contributed by atoms with Crippen molar-refractivity contribution in [1.82, 2.24) is 4.98 Å². The Hall–Kier alpha value is -3.41. The molecule has 0 atom stereocenters. The van der Waals surface area contributed by atoms with Gasteiger partial charge in [0.25, 0.3) is 0 Å². The van der Waals surface area contributed by atoms with E-state index in [9.17, 15) is 13.9 Å². The second-order valence-corrected chi connectivity index (χ2v) is 8.70. The van der Waals surface area contributed by atoms with E-state index < -0.39 is 11.6 Å². The maximum atomic E-state index is 13.7. The number of hydrogen-bond donors (Lipinski definition) is 2. The van der Waals surface area contributed by atoms with E-state index in [-0.39, 0.29) is 11.3 Å². The van der Waals surface area contributed by atoms with Gasteiger partial charge in [-0.05, 0) is 60.6 Å². The Balaban J connectivity index is 1.45. The van der Waals surface area contributed by atoms with E-state index in [2.05, 4.69) is 21.8 Å². The summed E-state index contributed by atoms with van der Waals surface area (Å²) in [6, 6.07) is 13.5. The van der Waals surface area contributed by atoms with Gasteiger partial charge in [0.05, 0.1) is 11.2 Å². The van der Waals surface area contributed by atoms with Crippen molar-refractivity contribution >= 4 is 17.3 Å². The summed E-state index contributed by atoms with van der Waals surface area (Å²) in [5.74, 6) is -0.273. The van der Waals surface area contributed by atoms with Crippen molar-refractivity contribution in [3.8, 4) is 0 Å². The van der Waals surface area contributed by atoms with Crippen LogP contribution in [0.3, 0.4) is 0 Å². The Kier molecular flexibility index (Phi) is 5.08. The van der Waals surface area contributed by atoms with Crippen molar-refractivity contribution in [2.75, 3.05) is 16.8 Å². The van der Waals surface area contributed by atoms with Crippen molar-refractivity contribution in [3.63, 3.8) is 0 Å². The van der Waals surface area contributed by atoms with Crippen LogP contribution in [-0.2, 0) is 18.5 Å². The second-order valence-electron chi connectivity index (χ2n) is 8.70. The van der Waals surface area contributed by atoms with Crippen LogP contribution in [0.25, 0.3) is 5.76 Å². The SMILES string of the molecule is C=C(O)c1ccc(C2(Nc3nccc4c3N(Cc3cc(F)cc(F)c3)CCC4)CC2)cc1. The minimum atomic E-state index is -0.562. The first-order chi connectivity index (χ1) is 15.4. The molecule has 1 aliphatic heterocycles. The predicted octanol–water partition coefficient (Wildman–Crippen LogP) is 5.94. The van der Waals surface area contributed by atoms with Gasteiger partial charge in [0.2, 0.25) is 0 Å². The summed E-state index contributed by atoms with van der Waals surface area (Å²) in [6.45, 7) is 4.80. The molecule has 164 valence electrons. The topological polar surface area (TPSA) is 48.4 Å². The number of nitrogens with zero attached hydrogens (tertiary/aromatic N) is 2. The summed E-state index contributed by atoms with van der Waals surface area (Å²) in [6.07, 6.45) is 5.70. The van der Waals surface area contributed by atoms with E-state index in [0.717, 1.165) is 55.4 Å². The van der Waals surface area contributed by atoms with Gasteiger partial charge < -0.3 is 15.3 Å². The van der Waals surface area contributed by atoms with Crippen LogP contribution in [0, 0.1) is 11.6 Å². The van der Waals surface area contributed by atoms with Gasteiger partial charge in [-0.15, -0.1) is 0 Å². The lowest BCUT2D eigenvalue weighted by Gasteiger charge is -2.34. The van der Waals surface area contributed by atoms with Gasteiger partial charge in [0.1, 0.15) is 17.4 Å². The zero-order valence-corrected chi connectivity index (χ0v) is 17.7. The monoisotopic (exact) mass is 433 g/mol. The molecule has 5 rings (SSSR count). The summed E-state index contributed by atoms with van der Waals surface area (Å²) in [4.78, 5) is 6.82. The fourth-order valence-electron chi connectivity index (χ4n) is 4.61. The molecule has 0 amide bonds. The molecule has 0 radical (unpaired) electrons. The molecule has 1 aromatic heterocycles. The van der Waals surface area contributed by atoms with Crippen LogP contribution in [0.4, 0.5) is 20.3 Å². The number of benzene rings is 2. The van der Waals surface area contributed by atoms with Crippen LogP contribution < -0.4 is 10.2 Å². The summed E-state index contributed by atoms with van der Waals surface area (Å²) < 4.78 is 27.5. The fourth-order valence-corrected chi connectivity index (χ4v) is 4.61. The Labute approximate surface area is 186 Å². The molecule has 0 spiro atoms. The highest BCUT2D eigenvalue weighted by atomic mass is 19.1. The average molecular weight is 434 g/mol. The minimum Gasteiger partial charge on any atom is -0.508 e. The van der Waals surface area contributed by atoms with Gasteiger partial charge in [-0.25, -0.2) is 13.8 Å². The zero-order valence-electron chi connectivity index (χ0n) is 17.7. The van der Waals surface area contributed by atoms with E-state index in [0.29, 0.717) is 17.7 Å². The molecule has 1 fully saturated rings. The zero-order chi connectivity index (χ0) is 22.3. The highest BCUT2D eigenvalue weighted by Gasteiger charge is 2.45. The molecule has 2 aromatic carbocycles. The van der Waals surface area contributed by atoms with E-state index in [1.54, 1.807) is 0 Å². The van der Waals surface area contributed by atoms with E-state index in [1.807, 2.05) is 36.5 Å². The quantitative estimate of drug-likeness (QED) is 0.472. The molecule has 1 aliphatic carbocycles. The number of aryl methyl sites for hydroxylation is 1. The number of aliphatic hydroxyl groups excluding tert-OH is 1. The lowest BCUT2D eigenvalue weighted by Crippen LogP contribution is -2.31. The molecule has 0 unspecified atom stereocenters. The highest BCUT2D eigenvalue weighted by Crippen LogP contribution is 2.50. The molecule has 2 N–H and O–H groups in total. The molecule has 0 bridgehead atoms. The predicted molar refractivity (Wildman–Crippen MR) is 123 cm³/mol. The first-order valence-electron chi connectivity index (χ1n) is 10.9. The molecule has 2 aliphatic rings. The van der Waals surface area contributed by atoms with Gasteiger partial charge in [-0.2, -0.15) is 0 Å². The number of pyridine rings is 1. The third-order valence-corrected chi connectivity index (χ3v) is 6.37. The van der Waals surface area contributed by atoms with Crippen LogP contribution in [0.1, 0.15) is 41.5 Å². The van der Waals surface area contributed by atoms with E-state index in [4.69, 9.17) is 0 Å². The van der Waals surface area contributed by atoms with Crippen molar-refractivity contribution in [3.05, 3.63) is 95.2 Å². The highest BCUT2D eigenvalue weighted by molar-refractivity contribution is 5.73. The Morgan fingerprint density at radius 2 is 1.81 bits per heavy atom. The standard InChI is InChI=1S/C26H25F2N3O/c1-17(32)19-4-6-21(7-5-19)26(9-10-26)30-25-24-20(8-11-29-25)3-2-12-31(24)16-18-13-22(27)15-23(28)14-18/h4-8,11,13-15,32H,1-3,9-10,12,16H2,(H,29,30). The smallest absolute Gasteiger partial charge is 0.150 e. The number of rotatable bonds is 6. The lowest BCUT2D eigenvalue weighted by atomic mass is 10.00. The molecule has 4 nitrogen and oxygen atoms in total. The van der Waals surface area contributed by atoms with Crippen LogP contribution >= 0.6 is 0 Å². The van der Waals surface area contributed by atoms with Crippen LogP contribution in [0.15, 0.2) is 61.3 Å². The average Bonchev–Trinajstić information content (AvgIpc) is 3.54. The maximum absolute atomic E-state index is 13.7. The normalized spacial score (nSPS) is 16.4. The third-order valence-electron chi connectivity index (χ3n) is 6.37. The molecule has 1 saturated carbocycles. The van der Waals surface area contributed by atoms with Crippen LogP contribution in [0.5, 0.6) is 0 Å². The minimum absolute atomic E-state index is 0.0533. The summed E-state index contributed by atoms with van der Waals surface area (Å²) in [7, 11) is 0. The Bertz CT molecular complexity index is 1150. The van der Waals surface area contributed by atoms with Crippen molar-refractivity contribution in [2.45, 2.75) is 37.8 Å². The van der Waals surface area contributed by atoms with Gasteiger partial charge in [-0.3, -0.25) is 0 Å². The van der Waals surface area contributed by atoms with Crippen molar-refractivity contribution in [2.24, 2.45) is 0 Å². The number of nitrogens with one attached hydrogen (secondary N) is 1. The largest absolute Gasteiger partial charge is 0.508 e. The van der Waals surface area contributed by atoms with Gasteiger partial charge in [0.15, 0.2) is 5.82 Å². The van der Waals surface area contributed by atoms with Gasteiger partial charge in [-0.1, -0.05) is 30.8 Å². The first kappa shape index (κ1) is 20.5. The molecular formula is C26H25F2N3O. The van der Waals surface area contributed by atoms with Gasteiger partial charge >= 0.3 is 0 Å². The van der Waals surface area contributed by atoms with Crippen LogP contribution in [-0.4, -0.2) is 16.6 Å².